The van der Waals surface area contributed by atoms with Crippen molar-refractivity contribution in [2.75, 3.05) is 27.3 Å². The normalized spacial score (nSPS) is 11.8. The van der Waals surface area contributed by atoms with Gasteiger partial charge in [-0.25, -0.2) is 8.42 Å². The molecular weight excluding hydrogens is 518 g/mol. The predicted molar refractivity (Wildman–Crippen MR) is 134 cm³/mol. The zero-order chi connectivity index (χ0) is 27.0. The van der Waals surface area contributed by atoms with E-state index in [1.807, 2.05) is 18.2 Å². The average molecular weight is 542 g/mol. The lowest BCUT2D eigenvalue weighted by molar-refractivity contribution is -0.141. The number of nitriles is 2. The Morgan fingerprint density at radius 3 is 2.27 bits per heavy atom. The lowest BCUT2D eigenvalue weighted by atomic mass is 10.2. The third-order valence-electron chi connectivity index (χ3n) is 5.28. The molecular formula is C24H23N5O6S2. The van der Waals surface area contributed by atoms with Crippen molar-refractivity contribution < 1.29 is 27.5 Å². The maximum Gasteiger partial charge on any atom is 0.325 e. The summed E-state index contributed by atoms with van der Waals surface area (Å²) in [5.41, 5.74) is 0.719. The highest BCUT2D eigenvalue weighted by Gasteiger charge is 2.24. The summed E-state index contributed by atoms with van der Waals surface area (Å²) in [6, 6.07) is 14.3. The standard InChI is InChI=1S/C24H23N5O6S2/c1-34-19-6-3-7-20-22(19)29(16-21(30)35-2)24(36-20)27-23(31)17-8-10-18(11-9-17)37(32,33)28(14-4-12-25)15-5-13-26/h3,6-11H,4-5,14-16H2,1-2H3. The number of nitrogens with zero attached hydrogens (tertiary/aromatic N) is 5. The van der Waals surface area contributed by atoms with Gasteiger partial charge in [0.2, 0.25) is 10.0 Å². The van der Waals surface area contributed by atoms with Crippen LogP contribution in [0.1, 0.15) is 23.2 Å². The van der Waals surface area contributed by atoms with Crippen molar-refractivity contribution in [3.8, 4) is 17.9 Å². The van der Waals surface area contributed by atoms with Crippen LogP contribution in [-0.2, 0) is 26.1 Å². The van der Waals surface area contributed by atoms with Crippen LogP contribution in [0.4, 0.5) is 0 Å². The highest BCUT2D eigenvalue weighted by molar-refractivity contribution is 7.89. The van der Waals surface area contributed by atoms with Gasteiger partial charge >= 0.3 is 5.97 Å². The van der Waals surface area contributed by atoms with Gasteiger partial charge in [-0.15, -0.1) is 0 Å². The van der Waals surface area contributed by atoms with Crippen LogP contribution in [0.15, 0.2) is 52.4 Å². The van der Waals surface area contributed by atoms with Crippen LogP contribution < -0.4 is 9.54 Å². The molecule has 0 saturated carbocycles. The topological polar surface area (TPSA) is 155 Å². The van der Waals surface area contributed by atoms with Gasteiger partial charge < -0.3 is 14.0 Å². The molecule has 11 nitrogen and oxygen atoms in total. The summed E-state index contributed by atoms with van der Waals surface area (Å²) in [5.74, 6) is -0.677. The molecule has 0 atom stereocenters. The Labute approximate surface area is 217 Å². The Hall–Kier alpha value is -4.04. The summed E-state index contributed by atoms with van der Waals surface area (Å²) in [7, 11) is -1.22. The molecule has 0 bridgehead atoms. The SMILES string of the molecule is COC(=O)Cn1c(=NC(=O)c2ccc(S(=O)(=O)N(CCC#N)CCC#N)cc2)sc2cccc(OC)c21. The summed E-state index contributed by atoms with van der Waals surface area (Å²) in [6.45, 7) is -0.292. The summed E-state index contributed by atoms with van der Waals surface area (Å²) in [6.07, 6.45) is -0.0444. The molecule has 0 N–H and O–H groups in total. The minimum absolute atomic E-state index is 0.0222. The highest BCUT2D eigenvalue weighted by Crippen LogP contribution is 2.27. The third kappa shape index (κ3) is 6.21. The van der Waals surface area contributed by atoms with Crippen LogP contribution in [0.3, 0.4) is 0 Å². The number of rotatable bonds is 10. The summed E-state index contributed by atoms with van der Waals surface area (Å²) in [4.78, 5) is 29.4. The van der Waals surface area contributed by atoms with E-state index in [2.05, 4.69) is 4.99 Å². The molecule has 0 radical (unpaired) electrons. The number of sulfonamides is 1. The molecule has 2 aromatic carbocycles. The van der Waals surface area contributed by atoms with Crippen LogP contribution >= 0.6 is 11.3 Å². The first-order valence-corrected chi connectivity index (χ1v) is 13.2. The van der Waals surface area contributed by atoms with E-state index in [-0.39, 0.29) is 47.7 Å². The van der Waals surface area contributed by atoms with E-state index in [1.165, 1.54) is 54.4 Å². The number of benzene rings is 2. The summed E-state index contributed by atoms with van der Waals surface area (Å²) in [5, 5.41) is 17.7. The zero-order valence-electron chi connectivity index (χ0n) is 20.1. The number of aromatic nitrogens is 1. The predicted octanol–water partition coefficient (Wildman–Crippen LogP) is 2.44. The molecule has 0 aliphatic carbocycles. The Bertz CT molecular complexity index is 1540. The number of hydrogen-bond donors (Lipinski definition) is 0. The minimum Gasteiger partial charge on any atom is -0.495 e. The molecule has 0 aliphatic heterocycles. The van der Waals surface area contributed by atoms with E-state index in [9.17, 15) is 18.0 Å². The van der Waals surface area contributed by atoms with Crippen molar-refractivity contribution in [3.05, 3.63) is 52.8 Å². The molecule has 13 heteroatoms. The molecule has 37 heavy (non-hydrogen) atoms. The number of para-hydroxylation sites is 1. The second-order valence-corrected chi connectivity index (χ2v) is 10.5. The number of hydrogen-bond acceptors (Lipinski definition) is 9. The number of methoxy groups -OCH3 is 2. The summed E-state index contributed by atoms with van der Waals surface area (Å²) >= 11 is 1.19. The van der Waals surface area contributed by atoms with Crippen LogP contribution in [0.2, 0.25) is 0 Å². The van der Waals surface area contributed by atoms with Crippen molar-refractivity contribution in [2.24, 2.45) is 4.99 Å². The highest BCUT2D eigenvalue weighted by atomic mass is 32.2. The van der Waals surface area contributed by atoms with E-state index in [0.29, 0.717) is 11.3 Å². The average Bonchev–Trinajstić information content (AvgIpc) is 3.25. The number of carbonyl (C=O) groups excluding carboxylic acids is 2. The molecule has 0 aliphatic rings. The van der Waals surface area contributed by atoms with Gasteiger partial charge in [0.1, 0.15) is 17.8 Å². The van der Waals surface area contributed by atoms with E-state index in [4.69, 9.17) is 20.0 Å². The fourth-order valence-corrected chi connectivity index (χ4v) is 5.95. The fraction of sp³-hybridized carbons (Fsp3) is 0.292. The Balaban J connectivity index is 1.98. The smallest absolute Gasteiger partial charge is 0.325 e. The lowest BCUT2D eigenvalue weighted by Crippen LogP contribution is -2.32. The number of fused-ring (bicyclic) bond motifs is 1. The molecule has 0 saturated heterocycles. The van der Waals surface area contributed by atoms with Gasteiger partial charge in [-0.1, -0.05) is 17.4 Å². The number of amides is 1. The molecule has 3 aromatic rings. The van der Waals surface area contributed by atoms with Gasteiger partial charge in [-0.05, 0) is 36.4 Å². The maximum atomic E-state index is 13.0. The molecule has 3 rings (SSSR count). The van der Waals surface area contributed by atoms with Crippen LogP contribution in [0, 0.1) is 22.7 Å². The first kappa shape index (κ1) is 27.5. The van der Waals surface area contributed by atoms with Crippen molar-refractivity contribution >= 4 is 43.5 Å². The van der Waals surface area contributed by atoms with Gasteiger partial charge in [0.05, 0.1) is 36.0 Å². The van der Waals surface area contributed by atoms with Gasteiger partial charge in [0, 0.05) is 31.5 Å². The molecule has 1 amide bonds. The number of ether oxygens (including phenoxy) is 2. The van der Waals surface area contributed by atoms with Crippen molar-refractivity contribution in [1.82, 2.24) is 8.87 Å². The second kappa shape index (κ2) is 12.3. The first-order valence-electron chi connectivity index (χ1n) is 10.9. The Morgan fingerprint density at radius 2 is 1.70 bits per heavy atom. The molecule has 0 unspecified atom stereocenters. The molecule has 1 aromatic heterocycles. The first-order chi connectivity index (χ1) is 17.8. The largest absolute Gasteiger partial charge is 0.495 e. The van der Waals surface area contributed by atoms with E-state index >= 15 is 0 Å². The van der Waals surface area contributed by atoms with Gasteiger partial charge in [0.15, 0.2) is 4.80 Å². The quantitative estimate of drug-likeness (QED) is 0.355. The third-order valence-corrected chi connectivity index (χ3v) is 8.24. The maximum absolute atomic E-state index is 13.0. The van der Waals surface area contributed by atoms with Crippen molar-refractivity contribution in [1.29, 1.82) is 10.5 Å². The van der Waals surface area contributed by atoms with E-state index in [1.54, 1.807) is 12.1 Å². The van der Waals surface area contributed by atoms with Crippen molar-refractivity contribution in [2.45, 2.75) is 24.3 Å². The van der Waals surface area contributed by atoms with Gasteiger partial charge in [-0.3, -0.25) is 9.59 Å². The zero-order valence-corrected chi connectivity index (χ0v) is 21.7. The number of esters is 1. The van der Waals surface area contributed by atoms with Gasteiger partial charge in [-0.2, -0.15) is 19.8 Å². The van der Waals surface area contributed by atoms with Crippen molar-refractivity contribution in [3.63, 3.8) is 0 Å². The lowest BCUT2D eigenvalue weighted by Gasteiger charge is -2.20. The fourth-order valence-electron chi connectivity index (χ4n) is 3.46. The van der Waals surface area contributed by atoms with E-state index in [0.717, 1.165) is 9.01 Å². The van der Waals surface area contributed by atoms with Crippen LogP contribution in [0.25, 0.3) is 10.2 Å². The number of thiazole rings is 1. The molecule has 0 fully saturated rings. The van der Waals surface area contributed by atoms with Crippen LogP contribution in [0.5, 0.6) is 5.75 Å². The Morgan fingerprint density at radius 1 is 1.05 bits per heavy atom. The Kier molecular flexibility index (Phi) is 9.14. The molecule has 1 heterocycles. The second-order valence-electron chi connectivity index (χ2n) is 7.52. The van der Waals surface area contributed by atoms with Crippen LogP contribution in [-0.4, -0.2) is 56.5 Å². The summed E-state index contributed by atoms with van der Waals surface area (Å²) < 4.78 is 39.5. The minimum atomic E-state index is -3.97. The molecule has 0 spiro atoms. The monoisotopic (exact) mass is 541 g/mol. The van der Waals surface area contributed by atoms with E-state index < -0.39 is 21.9 Å². The molecule has 192 valence electrons. The van der Waals surface area contributed by atoms with Gasteiger partial charge in [0.25, 0.3) is 5.91 Å². The number of carbonyl (C=O) groups is 2.